The lowest BCUT2D eigenvalue weighted by Crippen LogP contribution is -2.07. The standard InChI is InChI=1S/C7H6O5/c1-11-6-3-12-5(7(9)10)2-4(6)8/h2-3H,1H3,(H,9,10). The van der Waals surface area contributed by atoms with E-state index < -0.39 is 17.2 Å². The van der Waals surface area contributed by atoms with Crippen molar-refractivity contribution in [2.24, 2.45) is 0 Å². The van der Waals surface area contributed by atoms with Crippen LogP contribution in [0.4, 0.5) is 0 Å². The van der Waals surface area contributed by atoms with Crippen molar-refractivity contribution in [2.75, 3.05) is 7.11 Å². The average molecular weight is 170 g/mol. The zero-order valence-corrected chi connectivity index (χ0v) is 6.23. The molecule has 1 N–H and O–H groups in total. The third-order valence-corrected chi connectivity index (χ3v) is 1.23. The van der Waals surface area contributed by atoms with E-state index in [1.807, 2.05) is 0 Å². The number of carboxylic acids is 1. The molecule has 0 spiro atoms. The fourth-order valence-electron chi connectivity index (χ4n) is 0.660. The predicted molar refractivity (Wildman–Crippen MR) is 38.5 cm³/mol. The first-order valence-corrected chi connectivity index (χ1v) is 3.05. The lowest BCUT2D eigenvalue weighted by atomic mass is 10.4. The molecule has 0 unspecified atom stereocenters. The average Bonchev–Trinajstić information content (AvgIpc) is 2.04. The smallest absolute Gasteiger partial charge is 0.371 e. The van der Waals surface area contributed by atoms with Crippen LogP contribution in [0.2, 0.25) is 0 Å². The van der Waals surface area contributed by atoms with E-state index in [9.17, 15) is 9.59 Å². The summed E-state index contributed by atoms with van der Waals surface area (Å²) in [5, 5.41) is 8.40. The Balaban J connectivity index is 3.19. The maximum Gasteiger partial charge on any atom is 0.371 e. The van der Waals surface area contributed by atoms with Crippen molar-refractivity contribution < 1.29 is 19.1 Å². The van der Waals surface area contributed by atoms with Crippen LogP contribution in [0.1, 0.15) is 10.6 Å². The molecule has 0 aliphatic heterocycles. The molecule has 1 heterocycles. The van der Waals surface area contributed by atoms with Crippen LogP contribution in [0.3, 0.4) is 0 Å². The van der Waals surface area contributed by atoms with Crippen molar-refractivity contribution in [1.82, 2.24) is 0 Å². The highest BCUT2D eigenvalue weighted by molar-refractivity contribution is 5.84. The molecule has 5 nitrogen and oxygen atoms in total. The van der Waals surface area contributed by atoms with Crippen molar-refractivity contribution in [1.29, 1.82) is 0 Å². The third kappa shape index (κ3) is 1.45. The van der Waals surface area contributed by atoms with Crippen LogP contribution in [-0.4, -0.2) is 18.2 Å². The van der Waals surface area contributed by atoms with Gasteiger partial charge in [0.15, 0.2) is 0 Å². The molecule has 0 atom stereocenters. The summed E-state index contributed by atoms with van der Waals surface area (Å²) in [5.74, 6) is -1.70. The van der Waals surface area contributed by atoms with E-state index in [0.717, 1.165) is 12.3 Å². The van der Waals surface area contributed by atoms with Gasteiger partial charge in [0.1, 0.15) is 6.26 Å². The third-order valence-electron chi connectivity index (χ3n) is 1.23. The molecule has 1 aromatic rings. The monoisotopic (exact) mass is 170 g/mol. The second-order valence-electron chi connectivity index (χ2n) is 1.98. The molecule has 0 aliphatic carbocycles. The molecule has 0 radical (unpaired) electrons. The van der Waals surface area contributed by atoms with E-state index in [2.05, 4.69) is 9.15 Å². The van der Waals surface area contributed by atoms with E-state index in [1.165, 1.54) is 7.11 Å². The van der Waals surface area contributed by atoms with Crippen LogP contribution in [0, 0.1) is 0 Å². The van der Waals surface area contributed by atoms with Gasteiger partial charge in [0.05, 0.1) is 7.11 Å². The number of carbonyl (C=O) groups is 1. The Labute approximate surface area is 67.2 Å². The number of rotatable bonds is 2. The van der Waals surface area contributed by atoms with Gasteiger partial charge in [-0.3, -0.25) is 4.79 Å². The summed E-state index contributed by atoms with van der Waals surface area (Å²) < 4.78 is 9.15. The molecule has 0 bridgehead atoms. The molecule has 1 aromatic heterocycles. The Morgan fingerprint density at radius 1 is 1.67 bits per heavy atom. The minimum atomic E-state index is -1.28. The van der Waals surface area contributed by atoms with Crippen LogP contribution in [0.5, 0.6) is 5.75 Å². The number of carboxylic acid groups (broad SMARTS) is 1. The molecule has 0 amide bonds. The Kier molecular flexibility index (Phi) is 2.14. The Hall–Kier alpha value is -1.78. The summed E-state index contributed by atoms with van der Waals surface area (Å²) in [6.45, 7) is 0. The quantitative estimate of drug-likeness (QED) is 0.692. The van der Waals surface area contributed by atoms with Gasteiger partial charge in [-0.15, -0.1) is 0 Å². The maximum absolute atomic E-state index is 10.9. The summed E-state index contributed by atoms with van der Waals surface area (Å²) in [6, 6.07) is 0.862. The van der Waals surface area contributed by atoms with Gasteiger partial charge in [0.25, 0.3) is 0 Å². The van der Waals surface area contributed by atoms with Crippen LogP contribution < -0.4 is 10.2 Å². The first kappa shape index (κ1) is 8.32. The molecule has 1 rings (SSSR count). The van der Waals surface area contributed by atoms with Gasteiger partial charge >= 0.3 is 5.97 Å². The molecule has 12 heavy (non-hydrogen) atoms. The van der Waals surface area contributed by atoms with E-state index in [4.69, 9.17) is 5.11 Å². The maximum atomic E-state index is 10.9. The predicted octanol–water partition coefficient (Wildman–Crippen LogP) is 0.347. The zero-order valence-electron chi connectivity index (χ0n) is 6.23. The van der Waals surface area contributed by atoms with Gasteiger partial charge in [0.2, 0.25) is 16.9 Å². The number of ether oxygens (including phenoxy) is 1. The molecule has 0 saturated heterocycles. The SMILES string of the molecule is COc1coc(C(=O)O)cc1=O. The first-order valence-electron chi connectivity index (χ1n) is 3.05. The molecule has 64 valence electrons. The van der Waals surface area contributed by atoms with E-state index >= 15 is 0 Å². The lowest BCUT2D eigenvalue weighted by Gasteiger charge is -1.96. The van der Waals surface area contributed by atoms with Crippen LogP contribution in [0.15, 0.2) is 21.5 Å². The minimum absolute atomic E-state index is 0.0139. The molecule has 0 fully saturated rings. The molecule has 0 aliphatic rings. The van der Waals surface area contributed by atoms with E-state index in [-0.39, 0.29) is 5.75 Å². The Bertz CT molecular complexity index is 351. The highest BCUT2D eigenvalue weighted by Gasteiger charge is 2.08. The molecule has 0 aromatic carbocycles. The fourth-order valence-corrected chi connectivity index (χ4v) is 0.660. The van der Waals surface area contributed by atoms with Gasteiger partial charge in [0, 0.05) is 6.07 Å². The second kappa shape index (κ2) is 3.08. The number of hydrogen-bond donors (Lipinski definition) is 1. The summed E-state index contributed by atoms with van der Waals surface area (Å²) in [7, 11) is 1.30. The molecular formula is C7H6O5. The normalized spacial score (nSPS) is 9.42. The highest BCUT2D eigenvalue weighted by atomic mass is 16.5. The fraction of sp³-hybridized carbons (Fsp3) is 0.143. The summed E-state index contributed by atoms with van der Waals surface area (Å²) >= 11 is 0. The Morgan fingerprint density at radius 3 is 2.75 bits per heavy atom. The van der Waals surface area contributed by atoms with Crippen LogP contribution in [0.25, 0.3) is 0 Å². The lowest BCUT2D eigenvalue weighted by molar-refractivity contribution is 0.0659. The van der Waals surface area contributed by atoms with Crippen molar-refractivity contribution in [3.8, 4) is 5.75 Å². The summed E-state index contributed by atoms with van der Waals surface area (Å²) in [4.78, 5) is 21.2. The largest absolute Gasteiger partial charge is 0.490 e. The van der Waals surface area contributed by atoms with Crippen molar-refractivity contribution in [2.45, 2.75) is 0 Å². The summed E-state index contributed by atoms with van der Waals surface area (Å²) in [5.41, 5.74) is -0.513. The highest BCUT2D eigenvalue weighted by Crippen LogP contribution is 2.04. The molecular weight excluding hydrogens is 164 g/mol. The van der Waals surface area contributed by atoms with Gasteiger partial charge in [-0.1, -0.05) is 0 Å². The Morgan fingerprint density at radius 2 is 2.33 bits per heavy atom. The second-order valence-corrected chi connectivity index (χ2v) is 1.98. The van der Waals surface area contributed by atoms with Gasteiger partial charge in [-0.25, -0.2) is 4.79 Å². The number of hydrogen-bond acceptors (Lipinski definition) is 4. The topological polar surface area (TPSA) is 76.7 Å². The van der Waals surface area contributed by atoms with E-state index in [0.29, 0.717) is 0 Å². The van der Waals surface area contributed by atoms with Gasteiger partial charge in [-0.05, 0) is 0 Å². The minimum Gasteiger partial charge on any atom is -0.490 e. The van der Waals surface area contributed by atoms with E-state index in [1.54, 1.807) is 0 Å². The van der Waals surface area contributed by atoms with Crippen molar-refractivity contribution >= 4 is 5.97 Å². The van der Waals surface area contributed by atoms with Crippen LogP contribution >= 0.6 is 0 Å². The van der Waals surface area contributed by atoms with Crippen LogP contribution in [-0.2, 0) is 0 Å². The van der Waals surface area contributed by atoms with Crippen molar-refractivity contribution in [3.63, 3.8) is 0 Å². The molecule has 5 heteroatoms. The number of aromatic carboxylic acids is 1. The number of methoxy groups -OCH3 is 1. The zero-order chi connectivity index (χ0) is 9.14. The van der Waals surface area contributed by atoms with Gasteiger partial charge in [-0.2, -0.15) is 0 Å². The summed E-state index contributed by atoms with van der Waals surface area (Å²) in [6.07, 6.45) is 0.964. The molecule has 0 saturated carbocycles. The first-order chi connectivity index (χ1) is 5.65. The van der Waals surface area contributed by atoms with Gasteiger partial charge < -0.3 is 14.3 Å². The van der Waals surface area contributed by atoms with Crippen molar-refractivity contribution in [3.05, 3.63) is 28.3 Å².